The van der Waals surface area contributed by atoms with Crippen molar-refractivity contribution in [3.8, 4) is 0 Å². The highest BCUT2D eigenvalue weighted by Gasteiger charge is 2.23. The summed E-state index contributed by atoms with van der Waals surface area (Å²) in [5.74, 6) is 1.77. The van der Waals surface area contributed by atoms with Gasteiger partial charge in [0.1, 0.15) is 11.4 Å². The van der Waals surface area contributed by atoms with Crippen LogP contribution in [0.2, 0.25) is 0 Å². The molecule has 33 heavy (non-hydrogen) atoms. The first-order chi connectivity index (χ1) is 16.0. The number of aliphatic hydroxyl groups is 1. The van der Waals surface area contributed by atoms with Crippen molar-refractivity contribution in [1.29, 1.82) is 0 Å². The van der Waals surface area contributed by atoms with Crippen molar-refractivity contribution in [1.82, 2.24) is 20.2 Å². The third-order valence-electron chi connectivity index (χ3n) is 6.13. The molecule has 0 aliphatic carbocycles. The average molecular weight is 441 g/mol. The molecule has 1 fully saturated rings. The van der Waals surface area contributed by atoms with Gasteiger partial charge in [-0.3, -0.25) is 4.98 Å². The zero-order valence-corrected chi connectivity index (χ0v) is 19.0. The molecule has 4 aromatic rings. The summed E-state index contributed by atoms with van der Waals surface area (Å²) in [5, 5.41) is 21.7. The van der Waals surface area contributed by atoms with Gasteiger partial charge in [-0.15, -0.1) is 5.10 Å². The summed E-state index contributed by atoms with van der Waals surface area (Å²) in [6.07, 6.45) is 4.17. The van der Waals surface area contributed by atoms with Gasteiger partial charge in [0.15, 0.2) is 5.82 Å². The van der Waals surface area contributed by atoms with Gasteiger partial charge in [-0.25, -0.2) is 4.98 Å². The molecule has 0 bridgehead atoms. The predicted molar refractivity (Wildman–Crippen MR) is 130 cm³/mol. The minimum absolute atomic E-state index is 0.572. The molecular formula is C26H28N6O. The van der Waals surface area contributed by atoms with Gasteiger partial charge < -0.3 is 14.9 Å². The topological polar surface area (TPSA) is 78.3 Å². The van der Waals surface area contributed by atoms with E-state index in [2.05, 4.69) is 78.5 Å². The summed E-state index contributed by atoms with van der Waals surface area (Å²) in [6, 6.07) is 18.8. The molecule has 0 spiro atoms. The summed E-state index contributed by atoms with van der Waals surface area (Å²) in [6.45, 7) is 6.71. The van der Waals surface area contributed by atoms with E-state index in [0.29, 0.717) is 5.69 Å². The predicted octanol–water partition coefficient (Wildman–Crippen LogP) is 3.56. The zero-order chi connectivity index (χ0) is 22.8. The van der Waals surface area contributed by atoms with Gasteiger partial charge in [-0.05, 0) is 19.4 Å². The molecule has 2 aromatic heterocycles. The Morgan fingerprint density at radius 1 is 0.788 bits per heavy atom. The minimum atomic E-state index is -0.989. The third kappa shape index (κ3) is 4.50. The Morgan fingerprint density at radius 3 is 2.12 bits per heavy atom. The number of benzene rings is 2. The summed E-state index contributed by atoms with van der Waals surface area (Å²) < 4.78 is 0. The molecule has 7 heteroatoms. The van der Waals surface area contributed by atoms with E-state index in [4.69, 9.17) is 0 Å². The van der Waals surface area contributed by atoms with Gasteiger partial charge in [0, 0.05) is 43.4 Å². The second-order valence-electron chi connectivity index (χ2n) is 8.97. The number of anilines is 2. The van der Waals surface area contributed by atoms with E-state index in [1.165, 1.54) is 5.56 Å². The highest BCUT2D eigenvalue weighted by atomic mass is 16.3. The standard InChI is InChI=1S/C26H28N6O/c1-26(2,33)23-17-28-24(18-27-23)31-12-14-32(15-13-31)25-21-11-7-6-10-20(21)22(29-30-25)16-19-8-4-3-5-9-19/h3-11,17-18,33H,12-16H2,1-2H3. The fourth-order valence-corrected chi connectivity index (χ4v) is 4.25. The van der Waals surface area contributed by atoms with Crippen LogP contribution in [0.1, 0.15) is 30.8 Å². The van der Waals surface area contributed by atoms with E-state index < -0.39 is 5.60 Å². The summed E-state index contributed by atoms with van der Waals surface area (Å²) >= 11 is 0. The van der Waals surface area contributed by atoms with Crippen LogP contribution in [0.4, 0.5) is 11.6 Å². The number of hydrogen-bond donors (Lipinski definition) is 1. The van der Waals surface area contributed by atoms with Gasteiger partial charge >= 0.3 is 0 Å². The zero-order valence-electron chi connectivity index (χ0n) is 19.0. The van der Waals surface area contributed by atoms with Crippen LogP contribution in [-0.4, -0.2) is 51.5 Å². The number of nitrogens with zero attached hydrogens (tertiary/aromatic N) is 6. The smallest absolute Gasteiger partial charge is 0.159 e. The molecule has 2 aromatic carbocycles. The van der Waals surface area contributed by atoms with Crippen LogP contribution in [0.3, 0.4) is 0 Å². The van der Waals surface area contributed by atoms with Crippen LogP contribution in [0.5, 0.6) is 0 Å². The number of hydrogen-bond acceptors (Lipinski definition) is 7. The first kappa shape index (κ1) is 21.3. The summed E-state index contributed by atoms with van der Waals surface area (Å²) in [4.78, 5) is 13.4. The van der Waals surface area contributed by atoms with Gasteiger partial charge in [0.25, 0.3) is 0 Å². The van der Waals surface area contributed by atoms with Gasteiger partial charge in [0.2, 0.25) is 0 Å². The van der Waals surface area contributed by atoms with Crippen LogP contribution in [-0.2, 0) is 12.0 Å². The average Bonchev–Trinajstić information content (AvgIpc) is 2.85. The fraction of sp³-hybridized carbons (Fsp3) is 0.308. The highest BCUT2D eigenvalue weighted by molar-refractivity contribution is 5.93. The van der Waals surface area contributed by atoms with E-state index >= 15 is 0 Å². The third-order valence-corrected chi connectivity index (χ3v) is 6.13. The fourth-order valence-electron chi connectivity index (χ4n) is 4.25. The van der Waals surface area contributed by atoms with Crippen LogP contribution < -0.4 is 9.80 Å². The molecule has 5 rings (SSSR count). The minimum Gasteiger partial charge on any atom is -0.384 e. The maximum absolute atomic E-state index is 10.1. The molecule has 1 N–H and O–H groups in total. The Balaban J connectivity index is 1.34. The molecule has 168 valence electrons. The molecule has 0 amide bonds. The molecular weight excluding hydrogens is 412 g/mol. The number of piperazine rings is 1. The quantitative estimate of drug-likeness (QED) is 0.508. The van der Waals surface area contributed by atoms with Crippen LogP contribution in [0, 0.1) is 0 Å². The van der Waals surface area contributed by atoms with Crippen molar-refractivity contribution in [2.45, 2.75) is 25.9 Å². The van der Waals surface area contributed by atoms with Gasteiger partial charge in [-0.1, -0.05) is 54.6 Å². The van der Waals surface area contributed by atoms with E-state index in [1.54, 1.807) is 26.2 Å². The van der Waals surface area contributed by atoms with E-state index in [9.17, 15) is 5.11 Å². The van der Waals surface area contributed by atoms with Crippen LogP contribution in [0.25, 0.3) is 10.8 Å². The largest absolute Gasteiger partial charge is 0.384 e. The molecule has 0 atom stereocenters. The molecule has 7 nitrogen and oxygen atoms in total. The lowest BCUT2D eigenvalue weighted by Crippen LogP contribution is -2.47. The lowest BCUT2D eigenvalue weighted by atomic mass is 10.0. The Bertz CT molecular complexity index is 1230. The lowest BCUT2D eigenvalue weighted by Gasteiger charge is -2.36. The highest BCUT2D eigenvalue weighted by Crippen LogP contribution is 2.28. The molecule has 0 radical (unpaired) electrons. The van der Waals surface area contributed by atoms with Crippen LogP contribution in [0.15, 0.2) is 67.0 Å². The first-order valence-corrected chi connectivity index (χ1v) is 11.3. The normalized spacial score (nSPS) is 14.6. The van der Waals surface area contributed by atoms with Gasteiger partial charge in [0.05, 0.1) is 23.8 Å². The molecule has 1 aliphatic heterocycles. The van der Waals surface area contributed by atoms with Crippen molar-refractivity contribution < 1.29 is 5.11 Å². The molecule has 1 saturated heterocycles. The Labute approximate surface area is 193 Å². The van der Waals surface area contributed by atoms with Crippen molar-refractivity contribution >= 4 is 22.4 Å². The lowest BCUT2D eigenvalue weighted by molar-refractivity contribution is 0.0734. The maximum atomic E-state index is 10.1. The number of rotatable bonds is 5. The van der Waals surface area contributed by atoms with Crippen molar-refractivity contribution in [3.63, 3.8) is 0 Å². The number of fused-ring (bicyclic) bond motifs is 1. The van der Waals surface area contributed by atoms with Crippen molar-refractivity contribution in [3.05, 3.63) is 83.9 Å². The van der Waals surface area contributed by atoms with E-state index in [0.717, 1.165) is 60.7 Å². The molecule has 3 heterocycles. The second kappa shape index (κ2) is 8.75. The molecule has 1 aliphatic rings. The van der Waals surface area contributed by atoms with E-state index in [-0.39, 0.29) is 0 Å². The molecule has 0 unspecified atom stereocenters. The van der Waals surface area contributed by atoms with E-state index in [1.807, 2.05) is 6.07 Å². The Hall–Kier alpha value is -3.58. The van der Waals surface area contributed by atoms with Crippen molar-refractivity contribution in [2.75, 3.05) is 36.0 Å². The van der Waals surface area contributed by atoms with Crippen molar-refractivity contribution in [2.24, 2.45) is 0 Å². The first-order valence-electron chi connectivity index (χ1n) is 11.3. The monoisotopic (exact) mass is 440 g/mol. The summed E-state index contributed by atoms with van der Waals surface area (Å²) in [7, 11) is 0. The maximum Gasteiger partial charge on any atom is 0.159 e. The Morgan fingerprint density at radius 2 is 1.45 bits per heavy atom. The molecule has 0 saturated carbocycles. The SMILES string of the molecule is CC(C)(O)c1cnc(N2CCN(c3nnc(Cc4ccccc4)c4ccccc34)CC2)cn1. The Kier molecular flexibility index (Phi) is 5.64. The van der Waals surface area contributed by atoms with Crippen LogP contribution >= 0.6 is 0 Å². The van der Waals surface area contributed by atoms with Gasteiger partial charge in [-0.2, -0.15) is 5.10 Å². The number of aromatic nitrogens is 4. The summed E-state index contributed by atoms with van der Waals surface area (Å²) in [5.41, 5.74) is 1.81. The second-order valence-corrected chi connectivity index (χ2v) is 8.97.